The molecule has 2 bridgehead atoms. The van der Waals surface area contributed by atoms with Gasteiger partial charge >= 0.3 is 0 Å². The monoisotopic (exact) mass is 150 g/mol. The molecule has 2 aliphatic carbocycles. The summed E-state index contributed by atoms with van der Waals surface area (Å²) in [4.78, 5) is 22.4. The van der Waals surface area contributed by atoms with E-state index in [2.05, 4.69) is 0 Å². The van der Waals surface area contributed by atoms with Crippen LogP contribution >= 0.6 is 0 Å². The van der Waals surface area contributed by atoms with Crippen molar-refractivity contribution < 1.29 is 9.59 Å². The summed E-state index contributed by atoms with van der Waals surface area (Å²) in [7, 11) is 0. The summed E-state index contributed by atoms with van der Waals surface area (Å²) in [6.07, 6.45) is 5.63. The van der Waals surface area contributed by atoms with E-state index in [1.165, 1.54) is 0 Å². The number of carbonyl (C=O) groups is 2. The zero-order chi connectivity index (χ0) is 7.84. The van der Waals surface area contributed by atoms with Gasteiger partial charge in [-0.2, -0.15) is 0 Å². The van der Waals surface area contributed by atoms with Crippen LogP contribution in [0.2, 0.25) is 0 Å². The lowest BCUT2D eigenvalue weighted by Gasteiger charge is -2.27. The Morgan fingerprint density at radius 3 is 2.82 bits per heavy atom. The third-order valence-electron chi connectivity index (χ3n) is 2.48. The average molecular weight is 150 g/mol. The van der Waals surface area contributed by atoms with Crippen molar-refractivity contribution in [3.8, 4) is 0 Å². The quantitative estimate of drug-likeness (QED) is 0.485. The van der Waals surface area contributed by atoms with Gasteiger partial charge in [-0.15, -0.1) is 0 Å². The van der Waals surface area contributed by atoms with Crippen molar-refractivity contribution in [2.75, 3.05) is 0 Å². The molecule has 58 valence electrons. The maximum Gasteiger partial charge on any atom is 0.143 e. The van der Waals surface area contributed by atoms with Gasteiger partial charge in [0, 0.05) is 24.7 Å². The van der Waals surface area contributed by atoms with Gasteiger partial charge in [0.05, 0.1) is 0 Å². The molecule has 0 aliphatic heterocycles. The van der Waals surface area contributed by atoms with Gasteiger partial charge in [0.2, 0.25) is 0 Å². The minimum atomic E-state index is -0.0741. The molecule has 1 saturated carbocycles. The van der Waals surface area contributed by atoms with Gasteiger partial charge in [0.1, 0.15) is 11.6 Å². The van der Waals surface area contributed by atoms with Crippen molar-refractivity contribution in [3.63, 3.8) is 0 Å². The van der Waals surface area contributed by atoms with Crippen LogP contribution in [0.4, 0.5) is 0 Å². The highest BCUT2D eigenvalue weighted by atomic mass is 16.1. The topological polar surface area (TPSA) is 34.1 Å². The van der Waals surface area contributed by atoms with Crippen LogP contribution in [-0.2, 0) is 9.59 Å². The lowest BCUT2D eigenvalue weighted by Crippen LogP contribution is -2.34. The van der Waals surface area contributed by atoms with Gasteiger partial charge in [-0.3, -0.25) is 9.59 Å². The third kappa shape index (κ3) is 1.02. The predicted molar refractivity (Wildman–Crippen MR) is 40.0 cm³/mol. The van der Waals surface area contributed by atoms with E-state index >= 15 is 0 Å². The van der Waals surface area contributed by atoms with Gasteiger partial charge in [0.25, 0.3) is 0 Å². The summed E-state index contributed by atoms with van der Waals surface area (Å²) in [5.74, 6) is 0.484. The molecule has 0 radical (unpaired) electrons. The van der Waals surface area contributed by atoms with E-state index < -0.39 is 0 Å². The molecule has 0 saturated heterocycles. The van der Waals surface area contributed by atoms with Crippen molar-refractivity contribution in [1.82, 2.24) is 0 Å². The molecule has 0 aromatic rings. The van der Waals surface area contributed by atoms with E-state index in [0.717, 1.165) is 6.42 Å². The number of hydrogen-bond donors (Lipinski definition) is 0. The Kier molecular flexibility index (Phi) is 1.41. The van der Waals surface area contributed by atoms with Gasteiger partial charge in [-0.05, 0) is 6.42 Å². The van der Waals surface area contributed by atoms with E-state index in [9.17, 15) is 9.59 Å². The molecule has 0 spiro atoms. The molecule has 2 aliphatic rings. The first-order valence-corrected chi connectivity index (χ1v) is 3.99. The molecular formula is C9H10O2. The highest BCUT2D eigenvalue weighted by molar-refractivity contribution is 5.98. The summed E-state index contributed by atoms with van der Waals surface area (Å²) in [5.41, 5.74) is 0. The minimum Gasteiger partial charge on any atom is -0.300 e. The molecule has 0 aromatic heterocycles. The molecule has 0 aromatic carbocycles. The van der Waals surface area contributed by atoms with Crippen LogP contribution in [0.25, 0.3) is 0 Å². The Morgan fingerprint density at radius 1 is 1.27 bits per heavy atom. The molecule has 0 heterocycles. The summed E-state index contributed by atoms with van der Waals surface area (Å²) in [5, 5.41) is 0. The number of carbonyl (C=O) groups excluding carboxylic acids is 2. The standard InChI is InChI=1S/C9H10O2/c10-8-4-6-2-1-3-7(5-8)9(6)11/h1-2,6-7H,3-5H2. The Balaban J connectivity index is 2.29. The summed E-state index contributed by atoms with van der Waals surface area (Å²) < 4.78 is 0. The fourth-order valence-electron chi connectivity index (χ4n) is 1.88. The van der Waals surface area contributed by atoms with Crippen LogP contribution in [0.5, 0.6) is 0 Å². The number of allylic oxidation sites excluding steroid dienone is 2. The van der Waals surface area contributed by atoms with Crippen LogP contribution in [0, 0.1) is 11.8 Å². The van der Waals surface area contributed by atoms with Crippen molar-refractivity contribution in [2.45, 2.75) is 19.3 Å². The molecular weight excluding hydrogens is 140 g/mol. The highest BCUT2D eigenvalue weighted by Gasteiger charge is 2.35. The largest absolute Gasteiger partial charge is 0.300 e. The van der Waals surface area contributed by atoms with Crippen molar-refractivity contribution in [2.24, 2.45) is 11.8 Å². The lowest BCUT2D eigenvalue weighted by atomic mass is 9.74. The smallest absolute Gasteiger partial charge is 0.143 e. The molecule has 2 atom stereocenters. The molecule has 0 N–H and O–H groups in total. The maximum absolute atomic E-state index is 11.3. The van der Waals surface area contributed by atoms with Crippen LogP contribution < -0.4 is 0 Å². The summed E-state index contributed by atoms with van der Waals surface area (Å²) >= 11 is 0. The molecule has 2 rings (SSSR count). The second kappa shape index (κ2) is 2.29. The number of fused-ring (bicyclic) bond motifs is 2. The zero-order valence-electron chi connectivity index (χ0n) is 6.25. The van der Waals surface area contributed by atoms with Crippen LogP contribution in [-0.4, -0.2) is 11.6 Å². The maximum atomic E-state index is 11.3. The SMILES string of the molecule is O=C1CC2C=CCC(C1)C2=O. The van der Waals surface area contributed by atoms with Crippen LogP contribution in [0.1, 0.15) is 19.3 Å². The Morgan fingerprint density at radius 2 is 2.09 bits per heavy atom. The molecule has 1 fully saturated rings. The molecule has 0 amide bonds. The van der Waals surface area contributed by atoms with E-state index in [1.807, 2.05) is 12.2 Å². The van der Waals surface area contributed by atoms with Crippen molar-refractivity contribution >= 4 is 11.6 Å². The second-order valence-corrected chi connectivity index (χ2v) is 3.32. The summed E-state index contributed by atoms with van der Waals surface area (Å²) in [6, 6.07) is 0. The first-order valence-electron chi connectivity index (χ1n) is 3.99. The van der Waals surface area contributed by atoms with E-state index in [4.69, 9.17) is 0 Å². The first-order chi connectivity index (χ1) is 5.27. The van der Waals surface area contributed by atoms with Gasteiger partial charge in [-0.25, -0.2) is 0 Å². The number of rotatable bonds is 0. The number of ketones is 2. The highest BCUT2D eigenvalue weighted by Crippen LogP contribution is 2.30. The first kappa shape index (κ1) is 6.77. The number of hydrogen-bond acceptors (Lipinski definition) is 2. The summed E-state index contributed by atoms with van der Waals surface area (Å²) in [6.45, 7) is 0. The Hall–Kier alpha value is -0.920. The van der Waals surface area contributed by atoms with E-state index in [0.29, 0.717) is 12.8 Å². The number of Topliss-reactive ketones (excluding diaryl/α,β-unsaturated/α-hetero) is 2. The van der Waals surface area contributed by atoms with Crippen molar-refractivity contribution in [3.05, 3.63) is 12.2 Å². The van der Waals surface area contributed by atoms with Gasteiger partial charge < -0.3 is 0 Å². The zero-order valence-corrected chi connectivity index (χ0v) is 6.25. The third-order valence-corrected chi connectivity index (χ3v) is 2.48. The fraction of sp³-hybridized carbons (Fsp3) is 0.556. The Labute approximate surface area is 65.3 Å². The normalized spacial score (nSPS) is 36.0. The second-order valence-electron chi connectivity index (χ2n) is 3.32. The average Bonchev–Trinajstić information content (AvgIpc) is 1.92. The van der Waals surface area contributed by atoms with Gasteiger partial charge in [-0.1, -0.05) is 12.2 Å². The molecule has 2 nitrogen and oxygen atoms in total. The van der Waals surface area contributed by atoms with Crippen LogP contribution in [0.3, 0.4) is 0 Å². The predicted octanol–water partition coefficient (Wildman–Crippen LogP) is 1.11. The molecule has 11 heavy (non-hydrogen) atoms. The molecule has 2 unspecified atom stereocenters. The van der Waals surface area contributed by atoms with E-state index in [-0.39, 0.29) is 23.4 Å². The Bertz CT molecular complexity index is 240. The van der Waals surface area contributed by atoms with Gasteiger partial charge in [0.15, 0.2) is 0 Å². The lowest BCUT2D eigenvalue weighted by molar-refractivity contribution is -0.136. The minimum absolute atomic E-state index is 0.0197. The van der Waals surface area contributed by atoms with E-state index in [1.54, 1.807) is 0 Å². The fourth-order valence-corrected chi connectivity index (χ4v) is 1.88. The molecule has 2 heteroatoms. The van der Waals surface area contributed by atoms with Crippen LogP contribution in [0.15, 0.2) is 12.2 Å². The van der Waals surface area contributed by atoms with Crippen molar-refractivity contribution in [1.29, 1.82) is 0 Å².